The highest BCUT2D eigenvalue weighted by Gasteiger charge is 2.41. The molecule has 1 aliphatic rings. The largest absolute Gasteiger partial charge is 0.352 e. The second kappa shape index (κ2) is 10.1. The van der Waals surface area contributed by atoms with Gasteiger partial charge in [0.15, 0.2) is 5.11 Å². The maximum absolute atomic E-state index is 12.8. The molecule has 4 aromatic rings. The molecule has 0 radical (unpaired) electrons. The normalized spacial score (nSPS) is 17.3. The van der Waals surface area contributed by atoms with Crippen molar-refractivity contribution in [2.45, 2.75) is 25.4 Å². The Bertz CT molecular complexity index is 1320. The molecule has 1 amide bonds. The van der Waals surface area contributed by atoms with Crippen LogP contribution in [0.15, 0.2) is 91.5 Å². The molecule has 7 nitrogen and oxygen atoms in total. The quantitative estimate of drug-likeness (QED) is 0.376. The van der Waals surface area contributed by atoms with Crippen molar-refractivity contribution in [1.82, 2.24) is 24.8 Å². The summed E-state index contributed by atoms with van der Waals surface area (Å²) in [6, 6.07) is 21.4. The lowest BCUT2D eigenvalue weighted by Crippen LogP contribution is -2.33. The Morgan fingerprint density at radius 1 is 1.06 bits per heavy atom. The van der Waals surface area contributed by atoms with Crippen LogP contribution in [0.5, 0.6) is 0 Å². The van der Waals surface area contributed by atoms with Crippen LogP contribution < -0.4 is 10.6 Å². The standard InChI is InChI=1S/C27H26N6OS/c1-19-8-2-3-10-21(19)30-24(34)13-17-33-26(25(31-27(33)35)22-11-4-5-15-29-22)23-12-7-16-32(23)20-9-6-14-28-18-20/h2-12,14-16,18,25-26H,13,17H2,1H3,(H,30,34)(H,31,35)/t25-,26+/m1/s1. The van der Waals surface area contributed by atoms with Crippen molar-refractivity contribution < 1.29 is 4.79 Å². The van der Waals surface area contributed by atoms with E-state index in [4.69, 9.17) is 12.2 Å². The molecule has 35 heavy (non-hydrogen) atoms. The number of rotatable bonds is 7. The molecule has 176 valence electrons. The lowest BCUT2D eigenvalue weighted by atomic mass is 10.0. The van der Waals surface area contributed by atoms with Gasteiger partial charge in [0.05, 0.1) is 29.7 Å². The van der Waals surface area contributed by atoms with Gasteiger partial charge in [-0.15, -0.1) is 0 Å². The molecular weight excluding hydrogens is 456 g/mol. The SMILES string of the molecule is Cc1ccccc1NC(=O)CCN1C(=S)N[C@H](c2ccccn2)[C@@H]1c1cccn1-c1cccnc1. The van der Waals surface area contributed by atoms with Gasteiger partial charge < -0.3 is 20.1 Å². The Kier molecular flexibility index (Phi) is 6.54. The zero-order valence-electron chi connectivity index (χ0n) is 19.3. The molecule has 5 rings (SSSR count). The van der Waals surface area contributed by atoms with Crippen LogP contribution in [0.3, 0.4) is 0 Å². The molecular formula is C27H26N6OS. The fourth-order valence-electron chi connectivity index (χ4n) is 4.48. The highest BCUT2D eigenvalue weighted by Crippen LogP contribution is 2.39. The predicted molar refractivity (Wildman–Crippen MR) is 140 cm³/mol. The summed E-state index contributed by atoms with van der Waals surface area (Å²) in [5.41, 5.74) is 4.75. The summed E-state index contributed by atoms with van der Waals surface area (Å²) in [6.45, 7) is 2.45. The monoisotopic (exact) mass is 482 g/mol. The van der Waals surface area contributed by atoms with Crippen LogP contribution in [0.4, 0.5) is 5.69 Å². The number of hydrogen-bond acceptors (Lipinski definition) is 4. The van der Waals surface area contributed by atoms with Crippen molar-refractivity contribution in [2.24, 2.45) is 0 Å². The van der Waals surface area contributed by atoms with Crippen molar-refractivity contribution in [3.63, 3.8) is 0 Å². The van der Waals surface area contributed by atoms with E-state index in [9.17, 15) is 4.79 Å². The van der Waals surface area contributed by atoms with Gasteiger partial charge in [-0.1, -0.05) is 24.3 Å². The fraction of sp³-hybridized carbons (Fsp3) is 0.185. The second-order valence-electron chi connectivity index (χ2n) is 8.45. The molecule has 1 saturated heterocycles. The lowest BCUT2D eigenvalue weighted by Gasteiger charge is -2.28. The molecule has 0 unspecified atom stereocenters. The van der Waals surface area contributed by atoms with Gasteiger partial charge in [0.25, 0.3) is 0 Å². The number of carbonyl (C=O) groups is 1. The van der Waals surface area contributed by atoms with Gasteiger partial charge in [0.2, 0.25) is 5.91 Å². The second-order valence-corrected chi connectivity index (χ2v) is 8.83. The summed E-state index contributed by atoms with van der Waals surface area (Å²) < 4.78 is 2.11. The van der Waals surface area contributed by atoms with Crippen LogP contribution in [0.25, 0.3) is 5.69 Å². The highest BCUT2D eigenvalue weighted by molar-refractivity contribution is 7.80. The average molecular weight is 483 g/mol. The van der Waals surface area contributed by atoms with Crippen molar-refractivity contribution in [3.05, 3.63) is 108 Å². The van der Waals surface area contributed by atoms with Gasteiger partial charge in [-0.2, -0.15) is 0 Å². The molecule has 1 fully saturated rings. The van der Waals surface area contributed by atoms with Crippen LogP contribution in [-0.4, -0.2) is 37.0 Å². The van der Waals surface area contributed by atoms with Gasteiger partial charge in [-0.25, -0.2) is 0 Å². The number of anilines is 1. The van der Waals surface area contributed by atoms with Gasteiger partial charge in [-0.05, 0) is 67.2 Å². The zero-order valence-corrected chi connectivity index (χ0v) is 20.2. The number of pyridine rings is 2. The number of carbonyl (C=O) groups excluding carboxylic acids is 1. The lowest BCUT2D eigenvalue weighted by molar-refractivity contribution is -0.116. The number of amides is 1. The van der Waals surface area contributed by atoms with E-state index >= 15 is 0 Å². The van der Waals surface area contributed by atoms with E-state index in [2.05, 4.69) is 36.1 Å². The number of nitrogens with zero attached hydrogens (tertiary/aromatic N) is 4. The van der Waals surface area contributed by atoms with Gasteiger partial charge in [-0.3, -0.25) is 14.8 Å². The number of para-hydroxylation sites is 1. The first-order chi connectivity index (χ1) is 17.1. The number of nitrogens with one attached hydrogen (secondary N) is 2. The first-order valence-electron chi connectivity index (χ1n) is 11.5. The van der Waals surface area contributed by atoms with E-state index in [1.165, 1.54) is 0 Å². The van der Waals surface area contributed by atoms with Crippen LogP contribution >= 0.6 is 12.2 Å². The maximum Gasteiger partial charge on any atom is 0.226 e. The van der Waals surface area contributed by atoms with E-state index in [1.54, 1.807) is 12.4 Å². The van der Waals surface area contributed by atoms with E-state index in [0.717, 1.165) is 28.3 Å². The third-order valence-electron chi connectivity index (χ3n) is 6.20. The fourth-order valence-corrected chi connectivity index (χ4v) is 4.81. The van der Waals surface area contributed by atoms with Crippen LogP contribution in [-0.2, 0) is 4.79 Å². The molecule has 1 aromatic carbocycles. The number of thiocarbonyl (C=S) groups is 1. The van der Waals surface area contributed by atoms with Crippen molar-refractivity contribution in [1.29, 1.82) is 0 Å². The topological polar surface area (TPSA) is 75.1 Å². The minimum atomic E-state index is -0.159. The summed E-state index contributed by atoms with van der Waals surface area (Å²) in [6.07, 6.45) is 7.70. The van der Waals surface area contributed by atoms with Gasteiger partial charge in [0, 0.05) is 42.9 Å². The molecule has 2 atom stereocenters. The van der Waals surface area contributed by atoms with E-state index in [-0.39, 0.29) is 18.0 Å². The molecule has 2 N–H and O–H groups in total. The number of benzene rings is 1. The number of aryl methyl sites for hydroxylation is 1. The smallest absolute Gasteiger partial charge is 0.226 e. The summed E-state index contributed by atoms with van der Waals surface area (Å²) in [7, 11) is 0. The minimum Gasteiger partial charge on any atom is -0.352 e. The molecule has 0 saturated carbocycles. The van der Waals surface area contributed by atoms with Gasteiger partial charge >= 0.3 is 0 Å². The van der Waals surface area contributed by atoms with E-state index in [1.807, 2.05) is 80.0 Å². The first-order valence-corrected chi connectivity index (χ1v) is 11.9. The summed E-state index contributed by atoms with van der Waals surface area (Å²) in [4.78, 5) is 23.8. The van der Waals surface area contributed by atoms with Crippen LogP contribution in [0, 0.1) is 6.92 Å². The Hall–Kier alpha value is -4.04. The van der Waals surface area contributed by atoms with Crippen molar-refractivity contribution in [3.8, 4) is 5.69 Å². The van der Waals surface area contributed by atoms with E-state index < -0.39 is 0 Å². The van der Waals surface area contributed by atoms with Crippen LogP contribution in [0.1, 0.15) is 35.5 Å². The molecule has 8 heteroatoms. The third-order valence-corrected chi connectivity index (χ3v) is 6.56. The van der Waals surface area contributed by atoms with Gasteiger partial charge in [0.1, 0.15) is 0 Å². The molecule has 0 bridgehead atoms. The predicted octanol–water partition coefficient (Wildman–Crippen LogP) is 4.58. The van der Waals surface area contributed by atoms with Crippen LogP contribution in [0.2, 0.25) is 0 Å². The Balaban J connectivity index is 1.44. The Morgan fingerprint density at radius 3 is 2.69 bits per heavy atom. The maximum atomic E-state index is 12.8. The minimum absolute atomic E-state index is 0.0511. The number of hydrogen-bond donors (Lipinski definition) is 2. The molecule has 0 aliphatic carbocycles. The molecule has 1 aliphatic heterocycles. The Labute approximate surface area is 209 Å². The third kappa shape index (κ3) is 4.79. The summed E-state index contributed by atoms with van der Waals surface area (Å²) in [5, 5.41) is 7.08. The molecule has 3 aromatic heterocycles. The Morgan fingerprint density at radius 2 is 1.91 bits per heavy atom. The van der Waals surface area contributed by atoms with E-state index in [0.29, 0.717) is 18.1 Å². The average Bonchev–Trinajstić information content (AvgIpc) is 3.49. The molecule has 0 spiro atoms. The van der Waals surface area contributed by atoms with Crippen molar-refractivity contribution in [2.75, 3.05) is 11.9 Å². The summed E-state index contributed by atoms with van der Waals surface area (Å²) in [5.74, 6) is -0.0511. The highest BCUT2D eigenvalue weighted by atomic mass is 32.1. The first kappa shape index (κ1) is 22.7. The van der Waals surface area contributed by atoms with Crippen molar-refractivity contribution >= 4 is 28.9 Å². The summed E-state index contributed by atoms with van der Waals surface area (Å²) >= 11 is 5.76. The zero-order chi connectivity index (χ0) is 24.2. The molecule has 4 heterocycles. The number of aromatic nitrogens is 3.